The van der Waals surface area contributed by atoms with Crippen molar-refractivity contribution in [1.82, 2.24) is 0 Å². The van der Waals surface area contributed by atoms with Gasteiger partial charge in [0.2, 0.25) is 0 Å². The van der Waals surface area contributed by atoms with Crippen LogP contribution in [0.5, 0.6) is 0 Å². The van der Waals surface area contributed by atoms with E-state index >= 15 is 0 Å². The molecule has 21 heavy (non-hydrogen) atoms. The van der Waals surface area contributed by atoms with Crippen molar-refractivity contribution in [2.45, 2.75) is 11.1 Å². The van der Waals surface area contributed by atoms with E-state index in [1.165, 1.54) is 25.1 Å². The molecule has 0 saturated carbocycles. The summed E-state index contributed by atoms with van der Waals surface area (Å²) >= 11 is 0.571. The Bertz CT molecular complexity index is 817. The Morgan fingerprint density at radius 2 is 2.10 bits per heavy atom. The van der Waals surface area contributed by atoms with Crippen molar-refractivity contribution in [2.24, 2.45) is 0 Å². The molecule has 0 bridgehead atoms. The molecule has 0 spiro atoms. The minimum absolute atomic E-state index is 0.0598. The lowest BCUT2D eigenvalue weighted by atomic mass is 10.2. The van der Waals surface area contributed by atoms with Crippen LogP contribution < -0.4 is 10.5 Å². The summed E-state index contributed by atoms with van der Waals surface area (Å²) in [5.41, 5.74) is 5.12. The van der Waals surface area contributed by atoms with Crippen molar-refractivity contribution in [3.63, 3.8) is 0 Å². The van der Waals surface area contributed by atoms with Gasteiger partial charge in [-0.1, -0.05) is 17.4 Å². The highest BCUT2D eigenvalue weighted by Gasteiger charge is 2.25. The van der Waals surface area contributed by atoms with Crippen molar-refractivity contribution < 1.29 is 17.7 Å². The molecule has 10 heteroatoms. The SMILES string of the molecule is Cc1c(F)cccc1NS(=O)(=O)c1cc([N+](=O)[O-])c(N)s1. The van der Waals surface area contributed by atoms with Gasteiger partial charge in [-0.15, -0.1) is 0 Å². The van der Waals surface area contributed by atoms with Gasteiger partial charge in [0.1, 0.15) is 10.0 Å². The number of hydrogen-bond acceptors (Lipinski definition) is 6. The number of nitrogens with two attached hydrogens (primary N) is 1. The second kappa shape index (κ2) is 5.30. The number of sulfonamides is 1. The summed E-state index contributed by atoms with van der Waals surface area (Å²) in [6, 6.07) is 4.81. The fraction of sp³-hybridized carbons (Fsp3) is 0.0909. The lowest BCUT2D eigenvalue weighted by Crippen LogP contribution is -2.12. The zero-order valence-electron chi connectivity index (χ0n) is 10.7. The molecule has 1 heterocycles. The van der Waals surface area contributed by atoms with Crippen molar-refractivity contribution >= 4 is 37.7 Å². The molecule has 2 aromatic rings. The van der Waals surface area contributed by atoms with Crippen molar-refractivity contribution in [3.05, 3.63) is 45.8 Å². The molecule has 0 aliphatic heterocycles. The van der Waals surface area contributed by atoms with Crippen LogP contribution in [0.2, 0.25) is 0 Å². The van der Waals surface area contributed by atoms with Gasteiger partial charge in [0.15, 0.2) is 5.00 Å². The van der Waals surface area contributed by atoms with Gasteiger partial charge in [-0.2, -0.15) is 0 Å². The van der Waals surface area contributed by atoms with Crippen LogP contribution in [0.4, 0.5) is 20.8 Å². The third kappa shape index (κ3) is 2.95. The van der Waals surface area contributed by atoms with Gasteiger partial charge in [0, 0.05) is 11.6 Å². The highest BCUT2D eigenvalue weighted by atomic mass is 32.2. The fourth-order valence-corrected chi connectivity index (χ4v) is 3.90. The first kappa shape index (κ1) is 15.2. The number of rotatable bonds is 4. The molecule has 0 unspecified atom stereocenters. The number of nitro groups is 1. The highest BCUT2D eigenvalue weighted by Crippen LogP contribution is 2.35. The smallest absolute Gasteiger partial charge is 0.304 e. The van der Waals surface area contributed by atoms with Crippen LogP contribution in [0.25, 0.3) is 0 Å². The number of nitrogen functional groups attached to an aromatic ring is 1. The normalized spacial score (nSPS) is 11.3. The lowest BCUT2D eigenvalue weighted by Gasteiger charge is -2.09. The highest BCUT2D eigenvalue weighted by molar-refractivity contribution is 7.94. The maximum Gasteiger partial charge on any atom is 0.304 e. The topological polar surface area (TPSA) is 115 Å². The number of nitrogens with one attached hydrogen (secondary N) is 1. The van der Waals surface area contributed by atoms with Gasteiger partial charge >= 0.3 is 5.69 Å². The molecule has 0 fully saturated rings. The van der Waals surface area contributed by atoms with Crippen molar-refractivity contribution in [2.75, 3.05) is 10.5 Å². The quantitative estimate of drug-likeness (QED) is 0.659. The number of anilines is 2. The summed E-state index contributed by atoms with van der Waals surface area (Å²) < 4.78 is 39.6. The molecule has 1 aromatic heterocycles. The summed E-state index contributed by atoms with van der Waals surface area (Å²) in [5, 5.41) is 10.5. The van der Waals surface area contributed by atoms with E-state index in [-0.39, 0.29) is 20.5 Å². The van der Waals surface area contributed by atoms with Gasteiger partial charge in [-0.25, -0.2) is 12.8 Å². The molecule has 112 valence electrons. The van der Waals surface area contributed by atoms with E-state index in [1.54, 1.807) is 0 Å². The summed E-state index contributed by atoms with van der Waals surface area (Å²) in [7, 11) is -4.07. The van der Waals surface area contributed by atoms with Crippen molar-refractivity contribution in [1.29, 1.82) is 0 Å². The first-order valence-corrected chi connectivity index (χ1v) is 7.84. The number of nitrogens with zero attached hydrogens (tertiary/aromatic N) is 1. The molecule has 7 nitrogen and oxygen atoms in total. The Morgan fingerprint density at radius 3 is 2.67 bits per heavy atom. The third-order valence-electron chi connectivity index (χ3n) is 2.69. The first-order chi connectivity index (χ1) is 9.72. The number of hydrogen-bond donors (Lipinski definition) is 2. The second-order valence-corrected chi connectivity index (χ2v) is 7.08. The largest absolute Gasteiger partial charge is 0.385 e. The molecule has 1 aromatic carbocycles. The molecule has 0 amide bonds. The van der Waals surface area contributed by atoms with Gasteiger partial charge in [-0.05, 0) is 19.1 Å². The van der Waals surface area contributed by atoms with E-state index in [0.29, 0.717) is 11.3 Å². The monoisotopic (exact) mass is 331 g/mol. The maximum absolute atomic E-state index is 13.4. The number of benzene rings is 1. The zero-order valence-corrected chi connectivity index (χ0v) is 12.3. The Hall–Kier alpha value is -2.20. The third-order valence-corrected chi connectivity index (χ3v) is 5.48. The van der Waals surface area contributed by atoms with Crippen LogP contribution in [0.15, 0.2) is 28.5 Å². The van der Waals surface area contributed by atoms with Crippen LogP contribution in [-0.4, -0.2) is 13.3 Å². The van der Waals surface area contributed by atoms with E-state index in [4.69, 9.17) is 5.73 Å². The van der Waals surface area contributed by atoms with Crippen LogP contribution >= 0.6 is 11.3 Å². The Morgan fingerprint density at radius 1 is 1.43 bits per heavy atom. The van der Waals surface area contributed by atoms with E-state index in [9.17, 15) is 22.9 Å². The molecular weight excluding hydrogens is 321 g/mol. The van der Waals surface area contributed by atoms with E-state index in [1.807, 2.05) is 0 Å². The Labute approximate surface area is 123 Å². The van der Waals surface area contributed by atoms with Crippen molar-refractivity contribution in [3.8, 4) is 0 Å². The van der Waals surface area contributed by atoms with E-state index in [2.05, 4.69) is 4.72 Å². The van der Waals surface area contributed by atoms with E-state index < -0.39 is 26.5 Å². The predicted octanol–water partition coefficient (Wildman–Crippen LogP) is 2.49. The van der Waals surface area contributed by atoms with Gasteiger partial charge in [-0.3, -0.25) is 14.8 Å². The van der Waals surface area contributed by atoms with Crippen LogP contribution in [0.3, 0.4) is 0 Å². The first-order valence-electron chi connectivity index (χ1n) is 5.54. The number of halogens is 1. The average molecular weight is 331 g/mol. The summed E-state index contributed by atoms with van der Waals surface area (Å²) in [6.07, 6.45) is 0. The van der Waals surface area contributed by atoms with Crippen LogP contribution in [0, 0.1) is 22.9 Å². The predicted molar refractivity (Wildman–Crippen MR) is 77.3 cm³/mol. The minimum Gasteiger partial charge on any atom is -0.385 e. The molecule has 2 rings (SSSR count). The molecule has 3 N–H and O–H groups in total. The zero-order chi connectivity index (χ0) is 15.8. The molecule has 0 saturated heterocycles. The second-order valence-electron chi connectivity index (χ2n) is 4.09. The Balaban J connectivity index is 2.41. The summed E-state index contributed by atoms with van der Waals surface area (Å²) in [6.45, 7) is 1.42. The average Bonchev–Trinajstić information content (AvgIpc) is 2.78. The van der Waals surface area contributed by atoms with Crippen LogP contribution in [-0.2, 0) is 10.0 Å². The summed E-state index contributed by atoms with van der Waals surface area (Å²) in [4.78, 5) is 9.92. The molecule has 0 aliphatic rings. The van der Waals surface area contributed by atoms with Gasteiger partial charge < -0.3 is 5.73 Å². The molecule has 0 aliphatic carbocycles. The molecule has 0 atom stereocenters. The summed E-state index contributed by atoms with van der Waals surface area (Å²) in [5.74, 6) is -0.563. The standard InChI is InChI=1S/C11H10FN3O4S2/c1-6-7(12)3-2-4-8(6)14-21(18,19)10-5-9(15(16)17)11(13)20-10/h2-5,14H,13H2,1H3. The van der Waals surface area contributed by atoms with Gasteiger partial charge in [0.05, 0.1) is 10.6 Å². The molecule has 0 radical (unpaired) electrons. The Kier molecular flexibility index (Phi) is 3.83. The lowest BCUT2D eigenvalue weighted by molar-refractivity contribution is -0.383. The minimum atomic E-state index is -4.07. The van der Waals surface area contributed by atoms with Crippen LogP contribution in [0.1, 0.15) is 5.56 Å². The fourth-order valence-electron chi connectivity index (χ4n) is 1.56. The maximum atomic E-state index is 13.4. The van der Waals surface area contributed by atoms with Gasteiger partial charge in [0.25, 0.3) is 10.0 Å². The molecular formula is C11H10FN3O4S2. The van der Waals surface area contributed by atoms with E-state index in [0.717, 1.165) is 6.07 Å². The number of thiophene rings is 1.